The minimum atomic E-state index is 0.376. The van der Waals surface area contributed by atoms with Crippen LogP contribution in [0.3, 0.4) is 0 Å². The third-order valence-corrected chi connectivity index (χ3v) is 3.98. The predicted octanol–water partition coefficient (Wildman–Crippen LogP) is 2.52. The third kappa shape index (κ3) is 8.90. The highest BCUT2D eigenvalue weighted by atomic mass is 32.1. The molecule has 0 bridgehead atoms. The fourth-order valence-corrected chi connectivity index (χ4v) is 2.66. The molecule has 0 N–H and O–H groups in total. The lowest BCUT2D eigenvalue weighted by Crippen LogP contribution is -2.46. The van der Waals surface area contributed by atoms with Gasteiger partial charge in [0.2, 0.25) is 0 Å². The maximum absolute atomic E-state index is 5.57. The summed E-state index contributed by atoms with van der Waals surface area (Å²) in [6.07, 6.45) is 5.39. The van der Waals surface area contributed by atoms with Crippen LogP contribution in [0.2, 0.25) is 0 Å². The Hall–Kier alpha value is 0.230. The van der Waals surface area contributed by atoms with E-state index in [0.29, 0.717) is 6.10 Å². The lowest BCUT2D eigenvalue weighted by atomic mass is 10.2. The van der Waals surface area contributed by atoms with Gasteiger partial charge < -0.3 is 14.5 Å². The van der Waals surface area contributed by atoms with E-state index in [0.717, 1.165) is 12.4 Å². The molecule has 0 aromatic carbocycles. The summed E-state index contributed by atoms with van der Waals surface area (Å²) < 4.78 is 5.57. The number of hydrogen-bond acceptors (Lipinski definition) is 4. The van der Waals surface area contributed by atoms with Gasteiger partial charge in [-0.15, -0.1) is 0 Å². The molecule has 0 aromatic rings. The molecule has 1 rings (SSSR count). The first kappa shape index (κ1) is 17.3. The zero-order valence-corrected chi connectivity index (χ0v) is 13.7. The molecule has 0 radical (unpaired) electrons. The molecule has 1 heterocycles. The SMILES string of the molecule is CC(C)OCCCCN1CCN(CCCCS)CC1. The average Bonchev–Trinajstić information content (AvgIpc) is 2.40. The lowest BCUT2D eigenvalue weighted by molar-refractivity contribution is 0.0717. The second-order valence-corrected chi connectivity index (χ2v) is 6.19. The molecular formula is C15H32N2OS. The zero-order chi connectivity index (χ0) is 13.9. The van der Waals surface area contributed by atoms with Gasteiger partial charge in [0, 0.05) is 32.8 Å². The van der Waals surface area contributed by atoms with Crippen molar-refractivity contribution in [1.82, 2.24) is 9.80 Å². The summed E-state index contributed by atoms with van der Waals surface area (Å²) in [5.74, 6) is 1.03. The van der Waals surface area contributed by atoms with Gasteiger partial charge in [0.15, 0.2) is 0 Å². The maximum atomic E-state index is 5.57. The van der Waals surface area contributed by atoms with Crippen molar-refractivity contribution >= 4 is 12.6 Å². The molecule has 1 aliphatic heterocycles. The van der Waals surface area contributed by atoms with E-state index in [1.54, 1.807) is 0 Å². The van der Waals surface area contributed by atoms with Crippen LogP contribution < -0.4 is 0 Å². The van der Waals surface area contributed by atoms with Crippen LogP contribution in [-0.4, -0.2) is 67.5 Å². The summed E-state index contributed by atoms with van der Waals surface area (Å²) in [6, 6.07) is 0. The monoisotopic (exact) mass is 288 g/mol. The van der Waals surface area contributed by atoms with E-state index < -0.39 is 0 Å². The van der Waals surface area contributed by atoms with E-state index in [1.165, 1.54) is 65.0 Å². The topological polar surface area (TPSA) is 15.7 Å². The van der Waals surface area contributed by atoms with Gasteiger partial charge in [-0.25, -0.2) is 0 Å². The number of rotatable bonds is 10. The van der Waals surface area contributed by atoms with E-state index in [4.69, 9.17) is 4.74 Å². The van der Waals surface area contributed by atoms with Crippen molar-refractivity contribution in [3.05, 3.63) is 0 Å². The van der Waals surface area contributed by atoms with Gasteiger partial charge in [-0.3, -0.25) is 0 Å². The van der Waals surface area contributed by atoms with Crippen LogP contribution in [0.25, 0.3) is 0 Å². The highest BCUT2D eigenvalue weighted by Crippen LogP contribution is 2.06. The van der Waals surface area contributed by atoms with E-state index in [2.05, 4.69) is 36.3 Å². The van der Waals surface area contributed by atoms with E-state index in [9.17, 15) is 0 Å². The Morgan fingerprint density at radius 3 is 1.89 bits per heavy atom. The van der Waals surface area contributed by atoms with Crippen LogP contribution >= 0.6 is 12.6 Å². The number of ether oxygens (including phenoxy) is 1. The molecule has 0 atom stereocenters. The molecule has 4 heteroatoms. The highest BCUT2D eigenvalue weighted by Gasteiger charge is 2.15. The molecule has 0 spiro atoms. The summed E-state index contributed by atoms with van der Waals surface area (Å²) in [5.41, 5.74) is 0. The standard InChI is InChI=1S/C15H32N2OS/c1-15(2)18-13-5-3-7-16-9-11-17(12-10-16)8-4-6-14-19/h15,19H,3-14H2,1-2H3. The number of piperazine rings is 1. The molecule has 3 nitrogen and oxygen atoms in total. The van der Waals surface area contributed by atoms with Gasteiger partial charge in [-0.1, -0.05) is 0 Å². The van der Waals surface area contributed by atoms with Gasteiger partial charge in [-0.05, 0) is 58.4 Å². The average molecular weight is 289 g/mol. The van der Waals surface area contributed by atoms with Gasteiger partial charge in [0.05, 0.1) is 6.10 Å². The van der Waals surface area contributed by atoms with Gasteiger partial charge >= 0.3 is 0 Å². The van der Waals surface area contributed by atoms with Crippen LogP contribution in [0.15, 0.2) is 0 Å². The Morgan fingerprint density at radius 2 is 1.42 bits per heavy atom. The van der Waals surface area contributed by atoms with Crippen molar-refractivity contribution in [1.29, 1.82) is 0 Å². The first-order valence-corrected chi connectivity index (χ1v) is 8.53. The maximum Gasteiger partial charge on any atom is 0.0518 e. The Bertz CT molecular complexity index is 206. The second-order valence-electron chi connectivity index (χ2n) is 5.74. The van der Waals surface area contributed by atoms with E-state index in [1.807, 2.05) is 0 Å². The van der Waals surface area contributed by atoms with Crippen molar-refractivity contribution in [3.8, 4) is 0 Å². The number of thiol groups is 1. The van der Waals surface area contributed by atoms with E-state index >= 15 is 0 Å². The quantitative estimate of drug-likeness (QED) is 0.491. The minimum Gasteiger partial charge on any atom is -0.379 e. The van der Waals surface area contributed by atoms with Gasteiger partial charge in [0.1, 0.15) is 0 Å². The Morgan fingerprint density at radius 1 is 0.895 bits per heavy atom. The normalized spacial score (nSPS) is 18.3. The van der Waals surface area contributed by atoms with Crippen molar-refractivity contribution < 1.29 is 4.74 Å². The number of nitrogens with zero attached hydrogens (tertiary/aromatic N) is 2. The first-order valence-electron chi connectivity index (χ1n) is 7.89. The van der Waals surface area contributed by atoms with Crippen LogP contribution in [0, 0.1) is 0 Å². The number of hydrogen-bond donors (Lipinski definition) is 1. The molecule has 1 saturated heterocycles. The summed E-state index contributed by atoms with van der Waals surface area (Å²) in [4.78, 5) is 5.20. The first-order chi connectivity index (χ1) is 9.22. The Kier molecular flexibility index (Phi) is 9.96. The van der Waals surface area contributed by atoms with Crippen LogP contribution in [0.5, 0.6) is 0 Å². The number of unbranched alkanes of at least 4 members (excludes halogenated alkanes) is 2. The fourth-order valence-electron chi connectivity index (χ4n) is 2.44. The van der Waals surface area contributed by atoms with Crippen molar-refractivity contribution in [2.45, 2.75) is 45.6 Å². The summed E-state index contributed by atoms with van der Waals surface area (Å²) in [7, 11) is 0. The molecule has 0 unspecified atom stereocenters. The Balaban J connectivity index is 1.94. The second kappa shape index (κ2) is 11.0. The van der Waals surface area contributed by atoms with Gasteiger partial charge in [-0.2, -0.15) is 12.6 Å². The lowest BCUT2D eigenvalue weighted by Gasteiger charge is -2.34. The summed E-state index contributed by atoms with van der Waals surface area (Å²) >= 11 is 4.26. The molecule has 1 fully saturated rings. The molecule has 19 heavy (non-hydrogen) atoms. The largest absolute Gasteiger partial charge is 0.379 e. The molecule has 0 saturated carbocycles. The molecular weight excluding hydrogens is 256 g/mol. The van der Waals surface area contributed by atoms with Gasteiger partial charge in [0.25, 0.3) is 0 Å². The minimum absolute atomic E-state index is 0.376. The van der Waals surface area contributed by atoms with Crippen LogP contribution in [-0.2, 0) is 4.74 Å². The molecule has 0 aliphatic carbocycles. The summed E-state index contributed by atoms with van der Waals surface area (Å²) in [5, 5.41) is 0. The highest BCUT2D eigenvalue weighted by molar-refractivity contribution is 7.80. The molecule has 114 valence electrons. The fraction of sp³-hybridized carbons (Fsp3) is 1.00. The predicted molar refractivity (Wildman–Crippen MR) is 86.3 cm³/mol. The van der Waals surface area contributed by atoms with Crippen molar-refractivity contribution in [3.63, 3.8) is 0 Å². The Labute approximate surface area is 125 Å². The molecule has 0 amide bonds. The smallest absolute Gasteiger partial charge is 0.0518 e. The molecule has 1 aliphatic rings. The summed E-state index contributed by atoms with van der Waals surface area (Å²) in [6.45, 7) is 12.6. The van der Waals surface area contributed by atoms with Crippen LogP contribution in [0.1, 0.15) is 39.5 Å². The third-order valence-electron chi connectivity index (χ3n) is 3.67. The van der Waals surface area contributed by atoms with Crippen LogP contribution in [0.4, 0.5) is 0 Å². The molecule has 0 aromatic heterocycles. The zero-order valence-electron chi connectivity index (χ0n) is 12.8. The van der Waals surface area contributed by atoms with Crippen molar-refractivity contribution in [2.75, 3.05) is 51.6 Å². The van der Waals surface area contributed by atoms with Crippen molar-refractivity contribution in [2.24, 2.45) is 0 Å². The van der Waals surface area contributed by atoms with E-state index in [-0.39, 0.29) is 0 Å².